The van der Waals surface area contributed by atoms with Gasteiger partial charge in [-0.05, 0) is 45.4 Å². The van der Waals surface area contributed by atoms with Crippen molar-refractivity contribution in [3.8, 4) is 11.5 Å². The number of ether oxygens (including phenoxy) is 3. The first-order valence-corrected chi connectivity index (χ1v) is 7.11. The zero-order valence-electron chi connectivity index (χ0n) is 13.9. The Morgan fingerprint density at radius 2 is 1.72 bits per heavy atom. The van der Waals surface area contributed by atoms with E-state index in [0.717, 1.165) is 12.1 Å². The Morgan fingerprint density at radius 1 is 1.12 bits per heavy atom. The van der Waals surface area contributed by atoms with Crippen LogP contribution in [0.2, 0.25) is 0 Å². The van der Waals surface area contributed by atoms with Gasteiger partial charge in [0, 0.05) is 0 Å². The minimum absolute atomic E-state index is 0.219. The van der Waals surface area contributed by atoms with Crippen LogP contribution in [-0.2, 0) is 4.74 Å². The maximum atomic E-state index is 12.4. The van der Waals surface area contributed by atoms with Crippen molar-refractivity contribution in [3.63, 3.8) is 0 Å². The van der Waals surface area contributed by atoms with Crippen LogP contribution >= 0.6 is 0 Å². The summed E-state index contributed by atoms with van der Waals surface area (Å²) in [5.74, 6) is -1.72. The average molecular weight is 371 g/mol. The quantitative estimate of drug-likeness (QED) is 0.758. The fraction of sp³-hybridized carbons (Fsp3) is 0.533. The zero-order valence-corrected chi connectivity index (χ0v) is 13.9. The van der Waals surface area contributed by atoms with E-state index in [1.165, 1.54) is 13.0 Å². The van der Waals surface area contributed by atoms with Crippen LogP contribution in [-0.4, -0.2) is 24.7 Å². The number of halogens is 5. The largest absolute Gasteiger partial charge is 0.573 e. The molecule has 0 spiro atoms. The van der Waals surface area contributed by atoms with E-state index in [0.29, 0.717) is 0 Å². The number of hydrogen-bond acceptors (Lipinski definition) is 4. The van der Waals surface area contributed by atoms with Crippen LogP contribution < -0.4 is 14.8 Å². The highest BCUT2D eigenvalue weighted by atomic mass is 19.4. The molecule has 5 nitrogen and oxygen atoms in total. The van der Waals surface area contributed by atoms with E-state index in [4.69, 9.17) is 4.74 Å². The highest BCUT2D eigenvalue weighted by Crippen LogP contribution is 2.35. The van der Waals surface area contributed by atoms with Crippen molar-refractivity contribution in [1.29, 1.82) is 0 Å². The number of carbonyl (C=O) groups excluding carboxylic acids is 1. The van der Waals surface area contributed by atoms with E-state index in [9.17, 15) is 26.7 Å². The van der Waals surface area contributed by atoms with Crippen LogP contribution in [0.15, 0.2) is 18.2 Å². The monoisotopic (exact) mass is 371 g/mol. The molecule has 0 radical (unpaired) electrons. The Morgan fingerprint density at radius 3 is 2.20 bits per heavy atom. The summed E-state index contributed by atoms with van der Waals surface area (Å²) in [7, 11) is 0. The van der Waals surface area contributed by atoms with E-state index >= 15 is 0 Å². The molecule has 0 aliphatic heterocycles. The van der Waals surface area contributed by atoms with Crippen LogP contribution in [0.3, 0.4) is 0 Å². The lowest BCUT2D eigenvalue weighted by Crippen LogP contribution is -2.34. The fourth-order valence-electron chi connectivity index (χ4n) is 1.76. The standard InChI is InChI=1S/C15H18F5NO4/c1-8(21-13(22)25-14(2,3)4)9-5-6-10(24-15(18,19)20)11(7-9)23-12(16)17/h5-8,12H,1-4H3,(H,21,22). The molecule has 0 bridgehead atoms. The molecule has 1 amide bonds. The lowest BCUT2D eigenvalue weighted by atomic mass is 10.1. The molecule has 1 aromatic carbocycles. The molecular formula is C15H18F5NO4. The molecule has 0 saturated heterocycles. The van der Waals surface area contributed by atoms with Gasteiger partial charge < -0.3 is 19.5 Å². The fourth-order valence-corrected chi connectivity index (χ4v) is 1.76. The van der Waals surface area contributed by atoms with Crippen LogP contribution in [0, 0.1) is 0 Å². The van der Waals surface area contributed by atoms with Crippen molar-refractivity contribution in [2.24, 2.45) is 0 Å². The molecule has 0 aromatic heterocycles. The van der Waals surface area contributed by atoms with Crippen molar-refractivity contribution in [2.45, 2.75) is 52.3 Å². The van der Waals surface area contributed by atoms with Gasteiger partial charge in [-0.2, -0.15) is 8.78 Å². The van der Waals surface area contributed by atoms with Gasteiger partial charge in [-0.1, -0.05) is 6.07 Å². The number of nitrogens with one attached hydrogen (secondary N) is 1. The van der Waals surface area contributed by atoms with Crippen molar-refractivity contribution in [2.75, 3.05) is 0 Å². The van der Waals surface area contributed by atoms with E-state index in [1.54, 1.807) is 20.8 Å². The maximum Gasteiger partial charge on any atom is 0.573 e. The summed E-state index contributed by atoms with van der Waals surface area (Å²) in [5.41, 5.74) is -0.533. The molecular weight excluding hydrogens is 353 g/mol. The predicted molar refractivity (Wildman–Crippen MR) is 77.5 cm³/mol. The highest BCUT2D eigenvalue weighted by molar-refractivity contribution is 5.68. The van der Waals surface area contributed by atoms with Crippen LogP contribution in [0.5, 0.6) is 11.5 Å². The topological polar surface area (TPSA) is 56.8 Å². The summed E-state index contributed by atoms with van der Waals surface area (Å²) < 4.78 is 74.5. The summed E-state index contributed by atoms with van der Waals surface area (Å²) in [6, 6.07) is 2.19. The first-order valence-electron chi connectivity index (χ1n) is 7.11. The van der Waals surface area contributed by atoms with Crippen LogP contribution in [0.4, 0.5) is 26.7 Å². The van der Waals surface area contributed by atoms with Gasteiger partial charge in [0.1, 0.15) is 5.60 Å². The van der Waals surface area contributed by atoms with Gasteiger partial charge >= 0.3 is 19.1 Å². The molecule has 0 aliphatic rings. The number of alkyl carbamates (subject to hydrolysis) is 1. The summed E-state index contributed by atoms with van der Waals surface area (Å²) in [4.78, 5) is 11.7. The second kappa shape index (κ2) is 7.75. The third kappa shape index (κ3) is 7.90. The Labute approximate surface area is 141 Å². The summed E-state index contributed by atoms with van der Waals surface area (Å²) >= 11 is 0. The molecule has 1 aromatic rings. The number of amides is 1. The normalized spacial score (nSPS) is 13.4. The molecule has 142 valence electrons. The van der Waals surface area contributed by atoms with Crippen LogP contribution in [0.1, 0.15) is 39.3 Å². The van der Waals surface area contributed by atoms with Gasteiger partial charge in [-0.15, -0.1) is 13.2 Å². The second-order valence-corrected chi connectivity index (χ2v) is 6.00. The Bertz CT molecular complexity index is 599. The van der Waals surface area contributed by atoms with Crippen molar-refractivity contribution in [3.05, 3.63) is 23.8 Å². The minimum Gasteiger partial charge on any atom is -0.444 e. The lowest BCUT2D eigenvalue weighted by Gasteiger charge is -2.22. The predicted octanol–water partition coefficient (Wildman–Crippen LogP) is 4.77. The van der Waals surface area contributed by atoms with Gasteiger partial charge in [-0.25, -0.2) is 4.79 Å². The summed E-state index contributed by atoms with van der Waals surface area (Å²) in [6.45, 7) is 3.09. The average Bonchev–Trinajstić information content (AvgIpc) is 2.35. The van der Waals surface area contributed by atoms with Gasteiger partial charge in [0.25, 0.3) is 0 Å². The molecule has 10 heteroatoms. The van der Waals surface area contributed by atoms with E-state index in [2.05, 4.69) is 14.8 Å². The summed E-state index contributed by atoms with van der Waals surface area (Å²) in [5, 5.41) is 2.43. The van der Waals surface area contributed by atoms with Crippen molar-refractivity contribution >= 4 is 6.09 Å². The maximum absolute atomic E-state index is 12.4. The van der Waals surface area contributed by atoms with Crippen molar-refractivity contribution in [1.82, 2.24) is 5.32 Å². The SMILES string of the molecule is CC(NC(=O)OC(C)(C)C)c1ccc(OC(F)(F)F)c(OC(F)F)c1. The van der Waals surface area contributed by atoms with Gasteiger partial charge in [-0.3, -0.25) is 0 Å². The Balaban J connectivity index is 2.98. The Hall–Kier alpha value is -2.26. The molecule has 0 heterocycles. The van der Waals surface area contributed by atoms with E-state index < -0.39 is 42.2 Å². The van der Waals surface area contributed by atoms with Crippen molar-refractivity contribution < 1.29 is 41.0 Å². The number of hydrogen-bond donors (Lipinski definition) is 1. The first-order chi connectivity index (χ1) is 11.3. The molecule has 1 atom stereocenters. The van der Waals surface area contributed by atoms with Gasteiger partial charge in [0.05, 0.1) is 6.04 Å². The van der Waals surface area contributed by atoms with Crippen LogP contribution in [0.25, 0.3) is 0 Å². The zero-order chi connectivity index (χ0) is 19.4. The number of benzene rings is 1. The molecule has 0 saturated carbocycles. The summed E-state index contributed by atoms with van der Waals surface area (Å²) in [6.07, 6.45) is -5.84. The smallest absolute Gasteiger partial charge is 0.444 e. The van der Waals surface area contributed by atoms with E-state index in [1.807, 2.05) is 0 Å². The first kappa shape index (κ1) is 20.8. The molecule has 1 N–H and O–H groups in total. The third-order valence-electron chi connectivity index (χ3n) is 2.64. The lowest BCUT2D eigenvalue weighted by molar-refractivity contribution is -0.275. The minimum atomic E-state index is -5.07. The Kier molecular flexibility index (Phi) is 6.44. The number of alkyl halides is 5. The number of rotatable bonds is 5. The molecule has 1 rings (SSSR count). The highest BCUT2D eigenvalue weighted by Gasteiger charge is 2.33. The second-order valence-electron chi connectivity index (χ2n) is 6.00. The molecule has 1 unspecified atom stereocenters. The number of carbonyl (C=O) groups is 1. The molecule has 0 fully saturated rings. The van der Waals surface area contributed by atoms with Gasteiger partial charge in [0.2, 0.25) is 0 Å². The van der Waals surface area contributed by atoms with Gasteiger partial charge in [0.15, 0.2) is 11.5 Å². The van der Waals surface area contributed by atoms with E-state index in [-0.39, 0.29) is 5.56 Å². The molecule has 25 heavy (non-hydrogen) atoms. The third-order valence-corrected chi connectivity index (χ3v) is 2.64. The molecule has 0 aliphatic carbocycles.